The summed E-state index contributed by atoms with van der Waals surface area (Å²) in [5.74, 6) is 0. The molecule has 2 aromatic carbocycles. The van der Waals surface area contributed by atoms with Crippen LogP contribution in [-0.4, -0.2) is 35.7 Å². The maximum atomic E-state index is 12.5. The van der Waals surface area contributed by atoms with E-state index in [9.17, 15) is 18.6 Å². The van der Waals surface area contributed by atoms with Crippen molar-refractivity contribution in [3.05, 3.63) is 60.2 Å². The van der Waals surface area contributed by atoms with Crippen LogP contribution in [0.2, 0.25) is 0 Å². The standard InChI is InChI=1S/C16H17N2O4S2/c19-15-14(23-16(20)17-15)10-11-6-4-5-9-13(11)18-24(21,22)12-7-2-1-3-8-12/h1-3,5-9,14-20H,10H2. The van der Waals surface area contributed by atoms with Gasteiger partial charge in [0.1, 0.15) is 6.23 Å². The van der Waals surface area contributed by atoms with Crippen molar-refractivity contribution in [1.29, 1.82) is 0 Å². The first-order chi connectivity index (χ1) is 11.5. The third kappa shape index (κ3) is 3.90. The zero-order valence-electron chi connectivity index (χ0n) is 12.6. The predicted molar refractivity (Wildman–Crippen MR) is 92.8 cm³/mol. The summed E-state index contributed by atoms with van der Waals surface area (Å²) in [6, 6.07) is 16.0. The number of aliphatic hydroxyl groups excluding tert-OH is 2. The molecule has 1 aliphatic rings. The zero-order valence-corrected chi connectivity index (χ0v) is 14.2. The molecule has 6 nitrogen and oxygen atoms in total. The molecule has 1 saturated heterocycles. The van der Waals surface area contributed by atoms with Crippen molar-refractivity contribution >= 4 is 27.5 Å². The predicted octanol–water partition coefficient (Wildman–Crippen LogP) is 1.13. The Morgan fingerprint density at radius 2 is 1.96 bits per heavy atom. The van der Waals surface area contributed by atoms with Crippen molar-refractivity contribution in [3.8, 4) is 0 Å². The highest BCUT2D eigenvalue weighted by atomic mass is 32.2. The summed E-state index contributed by atoms with van der Waals surface area (Å²) in [6.45, 7) is 0. The third-order valence-electron chi connectivity index (χ3n) is 3.64. The van der Waals surface area contributed by atoms with Crippen molar-refractivity contribution in [1.82, 2.24) is 5.32 Å². The summed E-state index contributed by atoms with van der Waals surface area (Å²) < 4.78 is 27.5. The van der Waals surface area contributed by atoms with Crippen LogP contribution in [0.1, 0.15) is 5.56 Å². The van der Waals surface area contributed by atoms with E-state index in [1.165, 1.54) is 23.9 Å². The van der Waals surface area contributed by atoms with Gasteiger partial charge >= 0.3 is 0 Å². The van der Waals surface area contributed by atoms with Crippen molar-refractivity contribution < 1.29 is 18.6 Å². The molecule has 0 bridgehead atoms. The van der Waals surface area contributed by atoms with E-state index >= 15 is 0 Å². The Hall–Kier alpha value is -1.58. The summed E-state index contributed by atoms with van der Waals surface area (Å²) in [6.07, 6.45) is -0.469. The lowest BCUT2D eigenvalue weighted by atomic mass is 10.1. The number of rotatable bonds is 5. The van der Waals surface area contributed by atoms with E-state index < -0.39 is 21.8 Å². The Morgan fingerprint density at radius 3 is 2.62 bits per heavy atom. The van der Waals surface area contributed by atoms with Crippen LogP contribution in [0.3, 0.4) is 0 Å². The van der Waals surface area contributed by atoms with E-state index in [0.29, 0.717) is 17.7 Å². The maximum absolute atomic E-state index is 12.5. The van der Waals surface area contributed by atoms with Gasteiger partial charge in [-0.25, -0.2) is 8.42 Å². The molecule has 0 spiro atoms. The van der Waals surface area contributed by atoms with Crippen LogP contribution in [-0.2, 0) is 16.4 Å². The van der Waals surface area contributed by atoms with Crippen molar-refractivity contribution in [2.75, 3.05) is 4.72 Å². The molecule has 1 fully saturated rings. The monoisotopic (exact) mass is 365 g/mol. The summed E-state index contributed by atoms with van der Waals surface area (Å²) in [5, 5.41) is 21.7. The number of nitrogens with one attached hydrogen (secondary N) is 2. The van der Waals surface area contributed by atoms with E-state index in [-0.39, 0.29) is 10.1 Å². The van der Waals surface area contributed by atoms with Gasteiger partial charge in [-0.3, -0.25) is 10.0 Å². The smallest absolute Gasteiger partial charge is 0.261 e. The van der Waals surface area contributed by atoms with Crippen LogP contribution < -0.4 is 10.0 Å². The van der Waals surface area contributed by atoms with Crippen molar-refractivity contribution in [2.24, 2.45) is 0 Å². The first-order valence-electron chi connectivity index (χ1n) is 7.30. The van der Waals surface area contributed by atoms with Gasteiger partial charge < -0.3 is 10.2 Å². The van der Waals surface area contributed by atoms with Crippen LogP contribution in [0.15, 0.2) is 53.4 Å². The van der Waals surface area contributed by atoms with E-state index in [1.54, 1.807) is 36.4 Å². The lowest BCUT2D eigenvalue weighted by molar-refractivity contribution is 0.0997. The second kappa shape index (κ2) is 7.12. The number of hydrogen-bond acceptors (Lipinski definition) is 6. The summed E-state index contributed by atoms with van der Waals surface area (Å²) in [4.78, 5) is 0.177. The molecule has 1 heterocycles. The van der Waals surface area contributed by atoms with E-state index in [4.69, 9.17) is 0 Å². The van der Waals surface area contributed by atoms with Crippen molar-refractivity contribution in [3.63, 3.8) is 0 Å². The first kappa shape index (κ1) is 17.2. The normalized spacial score (nSPS) is 24.0. The third-order valence-corrected chi connectivity index (χ3v) is 6.19. The molecule has 0 aliphatic carbocycles. The molecule has 8 heteroatoms. The van der Waals surface area contributed by atoms with Gasteiger partial charge in [0, 0.05) is 0 Å². The minimum Gasteiger partial charge on any atom is -0.377 e. The highest BCUT2D eigenvalue weighted by molar-refractivity contribution is 8.00. The van der Waals surface area contributed by atoms with Gasteiger partial charge in [-0.1, -0.05) is 24.3 Å². The fourth-order valence-electron chi connectivity index (χ4n) is 2.45. The van der Waals surface area contributed by atoms with Crippen molar-refractivity contribution in [2.45, 2.75) is 28.4 Å². The topological polar surface area (TPSA) is 98.7 Å². The van der Waals surface area contributed by atoms with Gasteiger partial charge in [-0.05, 0) is 42.3 Å². The Labute approximate surface area is 145 Å². The van der Waals surface area contributed by atoms with E-state index in [2.05, 4.69) is 16.1 Å². The van der Waals surface area contributed by atoms with Crippen LogP contribution in [0, 0.1) is 6.07 Å². The number of benzene rings is 2. The van der Waals surface area contributed by atoms with E-state index in [1.807, 2.05) is 0 Å². The van der Waals surface area contributed by atoms with Crippen LogP contribution in [0.4, 0.5) is 5.69 Å². The Bertz CT molecular complexity index is 799. The molecule has 127 valence electrons. The van der Waals surface area contributed by atoms with Gasteiger partial charge in [0.25, 0.3) is 10.0 Å². The molecule has 3 rings (SSSR count). The number of aliphatic hydroxyl groups is 2. The molecule has 24 heavy (non-hydrogen) atoms. The average molecular weight is 365 g/mol. The van der Waals surface area contributed by atoms with Gasteiger partial charge in [0.15, 0.2) is 5.56 Å². The molecular weight excluding hydrogens is 348 g/mol. The highest BCUT2D eigenvalue weighted by Crippen LogP contribution is 2.30. The van der Waals surface area contributed by atoms with Gasteiger partial charge in [-0.15, -0.1) is 11.8 Å². The number of hydrogen-bond donors (Lipinski definition) is 4. The molecule has 1 aliphatic heterocycles. The van der Waals surface area contributed by atoms with Crippen LogP contribution in [0.5, 0.6) is 0 Å². The molecule has 0 saturated carbocycles. The van der Waals surface area contributed by atoms with Gasteiger partial charge in [-0.2, -0.15) is 0 Å². The van der Waals surface area contributed by atoms with Gasteiger partial charge in [0.05, 0.1) is 15.8 Å². The number of thioether (sulfide) groups is 1. The largest absolute Gasteiger partial charge is 0.377 e. The minimum absolute atomic E-state index is 0.177. The maximum Gasteiger partial charge on any atom is 0.261 e. The zero-order chi connectivity index (χ0) is 17.2. The van der Waals surface area contributed by atoms with Crippen LogP contribution in [0.25, 0.3) is 0 Å². The molecule has 2 aromatic rings. The quantitative estimate of drug-likeness (QED) is 0.634. The lowest BCUT2D eigenvalue weighted by Gasteiger charge is -2.16. The Morgan fingerprint density at radius 1 is 1.21 bits per heavy atom. The fourth-order valence-corrected chi connectivity index (χ4v) is 4.62. The Kier molecular flexibility index (Phi) is 5.12. The number of anilines is 1. The highest BCUT2D eigenvalue weighted by Gasteiger charge is 2.32. The summed E-state index contributed by atoms with van der Waals surface area (Å²) in [5.41, 5.74) is 0.304. The average Bonchev–Trinajstić information content (AvgIpc) is 2.87. The Balaban J connectivity index is 1.82. The summed E-state index contributed by atoms with van der Waals surface area (Å²) >= 11 is 1.19. The molecule has 3 atom stereocenters. The molecule has 3 unspecified atom stereocenters. The minimum atomic E-state index is -3.69. The lowest BCUT2D eigenvalue weighted by Crippen LogP contribution is -2.33. The molecular formula is C16H17N2O4S2. The fraction of sp³-hybridized carbons (Fsp3) is 0.250. The first-order valence-corrected chi connectivity index (χ1v) is 9.73. The molecule has 4 N–H and O–H groups in total. The second-order valence-corrected chi connectivity index (χ2v) is 8.35. The number of sulfonamides is 1. The molecule has 0 amide bonds. The molecule has 0 aromatic heterocycles. The van der Waals surface area contributed by atoms with Crippen LogP contribution >= 0.6 is 11.8 Å². The molecule has 1 radical (unpaired) electrons. The summed E-state index contributed by atoms with van der Waals surface area (Å²) in [7, 11) is -3.69. The SMILES string of the molecule is O=S(=O)(Nc1cc[c]cc1CC1SC(O)NC1O)c1ccccc1. The van der Waals surface area contributed by atoms with E-state index in [0.717, 1.165) is 0 Å². The van der Waals surface area contributed by atoms with Gasteiger partial charge in [0.2, 0.25) is 0 Å². The second-order valence-electron chi connectivity index (χ2n) is 5.34.